The molecule has 3 heterocycles. The van der Waals surface area contributed by atoms with Crippen LogP contribution in [0.1, 0.15) is 10.4 Å². The van der Waals surface area contributed by atoms with Gasteiger partial charge in [-0.1, -0.05) is 30.3 Å². The van der Waals surface area contributed by atoms with Crippen molar-refractivity contribution in [2.24, 2.45) is 0 Å². The third kappa shape index (κ3) is 2.29. The molecule has 118 valence electrons. The van der Waals surface area contributed by atoms with Crippen LogP contribution in [0.4, 0.5) is 0 Å². The minimum atomic E-state index is -0.962. The SMILES string of the molecule is O=c1[nH]c(O)c(-c2ccc(C3(c4ccccc4)OCCO3)s2)o1. The second-order valence-corrected chi connectivity index (χ2v) is 6.12. The molecular weight excluding hydrogens is 318 g/mol. The molecule has 4 rings (SSSR count). The Labute approximate surface area is 134 Å². The van der Waals surface area contributed by atoms with Crippen LogP contribution in [0, 0.1) is 0 Å². The van der Waals surface area contributed by atoms with Gasteiger partial charge < -0.3 is 19.0 Å². The fourth-order valence-electron chi connectivity index (χ4n) is 2.64. The van der Waals surface area contributed by atoms with E-state index in [1.807, 2.05) is 36.4 Å². The van der Waals surface area contributed by atoms with Crippen molar-refractivity contribution >= 4 is 11.3 Å². The lowest BCUT2D eigenvalue weighted by Gasteiger charge is -2.26. The summed E-state index contributed by atoms with van der Waals surface area (Å²) in [5.74, 6) is -1.83. The van der Waals surface area contributed by atoms with E-state index in [1.165, 1.54) is 11.3 Å². The summed E-state index contributed by atoms with van der Waals surface area (Å²) in [5.41, 5.74) is 0.894. The highest BCUT2D eigenvalue weighted by atomic mass is 32.1. The Morgan fingerprint density at radius 2 is 1.83 bits per heavy atom. The number of oxazole rings is 1. The second kappa shape index (κ2) is 5.38. The smallest absolute Gasteiger partial charge is 0.419 e. The van der Waals surface area contributed by atoms with Crippen LogP contribution < -0.4 is 5.76 Å². The van der Waals surface area contributed by atoms with E-state index >= 15 is 0 Å². The summed E-state index contributed by atoms with van der Waals surface area (Å²) >= 11 is 1.34. The summed E-state index contributed by atoms with van der Waals surface area (Å²) in [6.45, 7) is 0.985. The first-order chi connectivity index (χ1) is 11.2. The largest absolute Gasteiger partial charge is 0.492 e. The van der Waals surface area contributed by atoms with Crippen LogP contribution >= 0.6 is 11.3 Å². The molecule has 1 aromatic carbocycles. The third-order valence-electron chi connectivity index (χ3n) is 3.63. The van der Waals surface area contributed by atoms with Gasteiger partial charge >= 0.3 is 5.76 Å². The van der Waals surface area contributed by atoms with Crippen molar-refractivity contribution in [3.8, 4) is 16.5 Å². The second-order valence-electron chi connectivity index (χ2n) is 5.04. The predicted octanol–water partition coefficient (Wildman–Crippen LogP) is 2.65. The number of aromatic hydroxyl groups is 1. The van der Waals surface area contributed by atoms with Gasteiger partial charge in [0.15, 0.2) is 0 Å². The molecule has 1 aliphatic rings. The van der Waals surface area contributed by atoms with Crippen molar-refractivity contribution in [3.05, 3.63) is 63.5 Å². The summed E-state index contributed by atoms with van der Waals surface area (Å²) < 4.78 is 16.8. The zero-order valence-electron chi connectivity index (χ0n) is 11.9. The van der Waals surface area contributed by atoms with Crippen LogP contribution in [0.5, 0.6) is 5.88 Å². The zero-order valence-corrected chi connectivity index (χ0v) is 12.8. The van der Waals surface area contributed by atoms with Gasteiger partial charge in [-0.15, -0.1) is 11.3 Å². The third-order valence-corrected chi connectivity index (χ3v) is 4.80. The number of ether oxygens (including phenoxy) is 2. The maximum Gasteiger partial charge on any atom is 0.419 e. The molecule has 1 saturated heterocycles. The molecule has 0 atom stereocenters. The van der Waals surface area contributed by atoms with Crippen molar-refractivity contribution in [3.63, 3.8) is 0 Å². The fraction of sp³-hybridized carbons (Fsp3) is 0.188. The van der Waals surface area contributed by atoms with Gasteiger partial charge in [-0.3, -0.25) is 4.98 Å². The Morgan fingerprint density at radius 1 is 1.09 bits per heavy atom. The summed E-state index contributed by atoms with van der Waals surface area (Å²) in [7, 11) is 0. The van der Waals surface area contributed by atoms with Crippen LogP contribution in [-0.2, 0) is 15.3 Å². The summed E-state index contributed by atoms with van der Waals surface area (Å²) in [6.07, 6.45) is 0. The van der Waals surface area contributed by atoms with Crippen molar-refractivity contribution in [2.75, 3.05) is 13.2 Å². The molecule has 0 aliphatic carbocycles. The molecule has 0 saturated carbocycles. The highest BCUT2D eigenvalue weighted by molar-refractivity contribution is 7.15. The summed E-state index contributed by atoms with van der Waals surface area (Å²) in [4.78, 5) is 14.8. The summed E-state index contributed by atoms with van der Waals surface area (Å²) in [5, 5.41) is 9.74. The van der Waals surface area contributed by atoms with Crippen LogP contribution in [-0.4, -0.2) is 23.3 Å². The average Bonchev–Trinajstić information content (AvgIpc) is 3.28. The number of benzene rings is 1. The molecule has 3 aromatic rings. The highest BCUT2D eigenvalue weighted by Crippen LogP contribution is 2.44. The monoisotopic (exact) mass is 331 g/mol. The van der Waals surface area contributed by atoms with Gasteiger partial charge in [0, 0.05) is 5.56 Å². The van der Waals surface area contributed by atoms with E-state index in [4.69, 9.17) is 13.9 Å². The minimum Gasteiger partial charge on any atom is -0.492 e. The van der Waals surface area contributed by atoms with Gasteiger partial charge in [-0.2, -0.15) is 0 Å². The quantitative estimate of drug-likeness (QED) is 0.771. The number of hydrogen-bond acceptors (Lipinski definition) is 6. The molecule has 23 heavy (non-hydrogen) atoms. The Kier molecular flexibility index (Phi) is 3.33. The predicted molar refractivity (Wildman–Crippen MR) is 83.4 cm³/mol. The molecule has 0 radical (unpaired) electrons. The van der Waals surface area contributed by atoms with E-state index in [0.29, 0.717) is 18.1 Å². The number of rotatable bonds is 3. The number of hydrogen-bond donors (Lipinski definition) is 2. The van der Waals surface area contributed by atoms with E-state index in [9.17, 15) is 9.90 Å². The number of nitrogens with one attached hydrogen (secondary N) is 1. The molecule has 6 nitrogen and oxygen atoms in total. The van der Waals surface area contributed by atoms with Gasteiger partial charge in [0.2, 0.25) is 17.4 Å². The van der Waals surface area contributed by atoms with Gasteiger partial charge in [-0.05, 0) is 12.1 Å². The van der Waals surface area contributed by atoms with Gasteiger partial charge in [-0.25, -0.2) is 4.79 Å². The highest BCUT2D eigenvalue weighted by Gasteiger charge is 2.42. The number of aromatic amines is 1. The van der Waals surface area contributed by atoms with Crippen molar-refractivity contribution < 1.29 is 19.0 Å². The average molecular weight is 331 g/mol. The van der Waals surface area contributed by atoms with E-state index in [0.717, 1.165) is 10.4 Å². The molecule has 0 bridgehead atoms. The molecule has 0 amide bonds. The number of aromatic nitrogens is 1. The van der Waals surface area contributed by atoms with Crippen LogP contribution in [0.15, 0.2) is 51.7 Å². The van der Waals surface area contributed by atoms with E-state index in [1.54, 1.807) is 6.07 Å². The Morgan fingerprint density at radius 3 is 2.48 bits per heavy atom. The molecule has 7 heteroatoms. The topological polar surface area (TPSA) is 84.7 Å². The van der Waals surface area contributed by atoms with Gasteiger partial charge in [0.05, 0.1) is 23.0 Å². The van der Waals surface area contributed by atoms with Crippen LogP contribution in [0.2, 0.25) is 0 Å². The lowest BCUT2D eigenvalue weighted by Crippen LogP contribution is -2.27. The first kappa shape index (κ1) is 14.3. The summed E-state index contributed by atoms with van der Waals surface area (Å²) in [6, 6.07) is 13.3. The van der Waals surface area contributed by atoms with Crippen LogP contribution in [0.3, 0.4) is 0 Å². The maximum absolute atomic E-state index is 11.2. The van der Waals surface area contributed by atoms with E-state index in [-0.39, 0.29) is 11.6 Å². The fourth-order valence-corrected chi connectivity index (χ4v) is 3.76. The van der Waals surface area contributed by atoms with Crippen molar-refractivity contribution in [1.29, 1.82) is 0 Å². The standard InChI is InChI=1S/C16H13NO5S/c18-14-13(22-15(19)17-14)11-6-7-12(23-11)16(20-8-9-21-16)10-4-2-1-3-5-10/h1-7,18H,8-9H2,(H,17,19). The zero-order chi connectivity index (χ0) is 15.9. The normalized spacial score (nSPS) is 16.7. The molecule has 0 spiro atoms. The van der Waals surface area contributed by atoms with Crippen molar-refractivity contribution in [2.45, 2.75) is 5.79 Å². The Hall–Kier alpha value is -2.35. The molecule has 2 N–H and O–H groups in total. The van der Waals surface area contributed by atoms with Crippen LogP contribution in [0.25, 0.3) is 10.6 Å². The van der Waals surface area contributed by atoms with Gasteiger partial charge in [0.25, 0.3) is 0 Å². The van der Waals surface area contributed by atoms with Crippen molar-refractivity contribution in [1.82, 2.24) is 4.98 Å². The van der Waals surface area contributed by atoms with E-state index in [2.05, 4.69) is 4.98 Å². The molecule has 2 aromatic heterocycles. The maximum atomic E-state index is 11.2. The minimum absolute atomic E-state index is 0.118. The molecule has 0 unspecified atom stereocenters. The lowest BCUT2D eigenvalue weighted by atomic mass is 10.0. The molecule has 1 aliphatic heterocycles. The number of H-pyrrole nitrogens is 1. The molecular formula is C16H13NO5S. The Bertz CT molecular complexity index is 873. The first-order valence-corrected chi connectivity index (χ1v) is 7.87. The lowest BCUT2D eigenvalue weighted by molar-refractivity contribution is -0.127. The number of thiophene rings is 1. The Balaban J connectivity index is 1.80. The molecule has 1 fully saturated rings. The van der Waals surface area contributed by atoms with Gasteiger partial charge in [0.1, 0.15) is 0 Å². The first-order valence-electron chi connectivity index (χ1n) is 7.05. The van der Waals surface area contributed by atoms with E-state index < -0.39 is 11.5 Å².